The monoisotopic (exact) mass is 527 g/mol. The number of pyridine rings is 2. The number of nitrogens with one attached hydrogen (secondary N) is 3. The Morgan fingerprint density at radius 3 is 2.67 bits per heavy atom. The van der Waals surface area contributed by atoms with Crippen LogP contribution in [0.4, 0.5) is 5.82 Å². The zero-order chi connectivity index (χ0) is 27.5. The summed E-state index contributed by atoms with van der Waals surface area (Å²) < 4.78 is 1.94. The van der Waals surface area contributed by atoms with E-state index in [1.807, 2.05) is 36.0 Å². The normalized spacial score (nSPS) is 13.8. The summed E-state index contributed by atoms with van der Waals surface area (Å²) in [5.74, 6) is 0.698. The van der Waals surface area contributed by atoms with Crippen LogP contribution in [0, 0.1) is 6.92 Å². The van der Waals surface area contributed by atoms with Gasteiger partial charge >= 0.3 is 0 Å². The van der Waals surface area contributed by atoms with E-state index < -0.39 is 0 Å². The number of carbonyl (C=O) groups is 1. The lowest BCUT2D eigenvalue weighted by Crippen LogP contribution is -2.43. The van der Waals surface area contributed by atoms with E-state index in [1.54, 1.807) is 6.20 Å². The zero-order valence-corrected chi connectivity index (χ0v) is 23.2. The van der Waals surface area contributed by atoms with E-state index in [1.165, 1.54) is 0 Å². The number of hydrogen-bond acceptors (Lipinski definition) is 6. The molecule has 1 amide bonds. The van der Waals surface area contributed by atoms with Gasteiger partial charge in [0.25, 0.3) is 11.5 Å². The number of aryl methyl sites for hydroxylation is 2. The summed E-state index contributed by atoms with van der Waals surface area (Å²) >= 11 is 0. The molecule has 0 spiro atoms. The van der Waals surface area contributed by atoms with E-state index in [9.17, 15) is 9.59 Å². The standard InChI is InChI=1S/C30H37N7O2/c1-5-6-22-13-20(4)35-30(39)25(22)17-33-29(38)24-14-23(15-27-26(24)18-34-37(27)19(2)3)21-7-8-32-28(16-21)36-11-9-31-10-12-36/h7-8,13-16,18-19,31H,5-6,9-12,17H2,1-4H3,(H,33,38)(H,35,39). The fourth-order valence-corrected chi connectivity index (χ4v) is 5.31. The molecule has 0 radical (unpaired) electrons. The Morgan fingerprint density at radius 2 is 1.92 bits per heavy atom. The van der Waals surface area contributed by atoms with Crippen LogP contribution in [0.25, 0.3) is 22.0 Å². The maximum Gasteiger partial charge on any atom is 0.253 e. The molecule has 5 rings (SSSR count). The molecular weight excluding hydrogens is 490 g/mol. The van der Waals surface area contributed by atoms with Gasteiger partial charge in [-0.15, -0.1) is 0 Å². The summed E-state index contributed by atoms with van der Waals surface area (Å²) in [6.45, 7) is 11.9. The molecule has 204 valence electrons. The second-order valence-corrected chi connectivity index (χ2v) is 10.5. The van der Waals surface area contributed by atoms with Crippen LogP contribution in [-0.2, 0) is 13.0 Å². The number of benzene rings is 1. The van der Waals surface area contributed by atoms with Gasteiger partial charge < -0.3 is 20.5 Å². The number of nitrogens with zero attached hydrogens (tertiary/aromatic N) is 4. The number of fused-ring (bicyclic) bond motifs is 1. The smallest absolute Gasteiger partial charge is 0.253 e. The highest BCUT2D eigenvalue weighted by molar-refractivity contribution is 6.08. The van der Waals surface area contributed by atoms with E-state index in [2.05, 4.69) is 63.5 Å². The first-order chi connectivity index (χ1) is 18.9. The van der Waals surface area contributed by atoms with Gasteiger partial charge in [0.2, 0.25) is 0 Å². The lowest BCUT2D eigenvalue weighted by atomic mass is 9.99. The van der Waals surface area contributed by atoms with Crippen molar-refractivity contribution in [2.45, 2.75) is 53.1 Å². The molecule has 1 aliphatic heterocycles. The van der Waals surface area contributed by atoms with Crippen molar-refractivity contribution in [2.24, 2.45) is 0 Å². The summed E-state index contributed by atoms with van der Waals surface area (Å²) in [7, 11) is 0. The summed E-state index contributed by atoms with van der Waals surface area (Å²) in [5.41, 5.74) is 5.61. The summed E-state index contributed by atoms with van der Waals surface area (Å²) in [4.78, 5) is 36.2. The average molecular weight is 528 g/mol. The fraction of sp³-hybridized carbons (Fsp3) is 0.400. The molecule has 0 aliphatic carbocycles. The molecule has 39 heavy (non-hydrogen) atoms. The van der Waals surface area contributed by atoms with Crippen molar-refractivity contribution in [1.29, 1.82) is 0 Å². The summed E-state index contributed by atoms with van der Waals surface area (Å²) in [6, 6.07) is 10.2. The van der Waals surface area contributed by atoms with Crippen LogP contribution in [0.1, 0.15) is 60.4 Å². The Balaban J connectivity index is 1.52. The number of piperazine rings is 1. The second-order valence-electron chi connectivity index (χ2n) is 10.5. The molecule has 9 heteroatoms. The first-order valence-corrected chi connectivity index (χ1v) is 13.8. The maximum absolute atomic E-state index is 13.7. The van der Waals surface area contributed by atoms with Crippen molar-refractivity contribution in [3.63, 3.8) is 0 Å². The highest BCUT2D eigenvalue weighted by atomic mass is 16.1. The number of aromatic nitrogens is 4. The van der Waals surface area contributed by atoms with Crippen LogP contribution in [0.2, 0.25) is 0 Å². The molecule has 0 bridgehead atoms. The molecule has 0 saturated carbocycles. The SMILES string of the molecule is CCCc1cc(C)[nH]c(=O)c1CNC(=O)c1cc(-c2ccnc(N3CCNCC3)c2)cc2c1cnn2C(C)C. The van der Waals surface area contributed by atoms with Crippen LogP contribution in [-0.4, -0.2) is 51.8 Å². The number of hydrogen-bond donors (Lipinski definition) is 3. The Hall–Kier alpha value is -3.98. The number of H-pyrrole nitrogens is 1. The van der Waals surface area contributed by atoms with E-state index >= 15 is 0 Å². The summed E-state index contributed by atoms with van der Waals surface area (Å²) in [6.07, 6.45) is 5.29. The van der Waals surface area contributed by atoms with Crippen LogP contribution in [0.15, 0.2) is 47.5 Å². The fourth-order valence-electron chi connectivity index (χ4n) is 5.31. The van der Waals surface area contributed by atoms with Gasteiger partial charge in [0, 0.05) is 61.6 Å². The summed E-state index contributed by atoms with van der Waals surface area (Å²) in [5, 5.41) is 11.8. The van der Waals surface area contributed by atoms with Gasteiger partial charge in [0.05, 0.1) is 17.3 Å². The number of amides is 1. The van der Waals surface area contributed by atoms with E-state index in [0.29, 0.717) is 11.1 Å². The van der Waals surface area contributed by atoms with Gasteiger partial charge in [0.15, 0.2) is 0 Å². The average Bonchev–Trinajstić information content (AvgIpc) is 3.37. The van der Waals surface area contributed by atoms with E-state index in [-0.39, 0.29) is 24.1 Å². The number of anilines is 1. The highest BCUT2D eigenvalue weighted by Crippen LogP contribution is 2.31. The minimum Gasteiger partial charge on any atom is -0.354 e. The predicted octanol–water partition coefficient (Wildman–Crippen LogP) is 3.97. The van der Waals surface area contributed by atoms with Crippen molar-refractivity contribution in [1.82, 2.24) is 30.4 Å². The number of carbonyl (C=O) groups excluding carboxylic acids is 1. The third-order valence-electron chi connectivity index (χ3n) is 7.28. The molecule has 0 unspecified atom stereocenters. The van der Waals surface area contributed by atoms with E-state index in [0.717, 1.165) is 78.1 Å². The molecule has 4 aromatic rings. The third kappa shape index (κ3) is 5.59. The molecule has 1 aromatic carbocycles. The van der Waals surface area contributed by atoms with Gasteiger partial charge in [-0.25, -0.2) is 4.98 Å². The third-order valence-corrected chi connectivity index (χ3v) is 7.28. The van der Waals surface area contributed by atoms with Gasteiger partial charge in [-0.05, 0) is 74.2 Å². The zero-order valence-electron chi connectivity index (χ0n) is 23.2. The van der Waals surface area contributed by atoms with Crippen molar-refractivity contribution >= 4 is 22.6 Å². The molecule has 9 nitrogen and oxygen atoms in total. The largest absolute Gasteiger partial charge is 0.354 e. The van der Waals surface area contributed by atoms with Crippen LogP contribution < -0.4 is 21.1 Å². The van der Waals surface area contributed by atoms with Crippen LogP contribution in [0.3, 0.4) is 0 Å². The number of aromatic amines is 1. The minimum absolute atomic E-state index is 0.130. The maximum atomic E-state index is 13.7. The highest BCUT2D eigenvalue weighted by Gasteiger charge is 2.19. The van der Waals surface area contributed by atoms with Gasteiger partial charge in [-0.1, -0.05) is 13.3 Å². The molecule has 1 aliphatic rings. The lowest BCUT2D eigenvalue weighted by molar-refractivity contribution is 0.0952. The predicted molar refractivity (Wildman–Crippen MR) is 155 cm³/mol. The minimum atomic E-state index is -0.232. The lowest BCUT2D eigenvalue weighted by Gasteiger charge is -2.28. The van der Waals surface area contributed by atoms with Crippen molar-refractivity contribution in [3.8, 4) is 11.1 Å². The molecule has 4 heterocycles. The van der Waals surface area contributed by atoms with Crippen LogP contribution in [0.5, 0.6) is 0 Å². The Labute approximate surface area is 228 Å². The van der Waals surface area contributed by atoms with Gasteiger partial charge in [-0.3, -0.25) is 14.3 Å². The molecule has 0 atom stereocenters. The van der Waals surface area contributed by atoms with Crippen LogP contribution >= 0.6 is 0 Å². The Morgan fingerprint density at radius 1 is 1.13 bits per heavy atom. The van der Waals surface area contributed by atoms with Gasteiger partial charge in [-0.2, -0.15) is 5.10 Å². The first kappa shape index (κ1) is 26.6. The van der Waals surface area contributed by atoms with Crippen molar-refractivity contribution in [2.75, 3.05) is 31.1 Å². The van der Waals surface area contributed by atoms with Crippen molar-refractivity contribution in [3.05, 3.63) is 75.5 Å². The quantitative estimate of drug-likeness (QED) is 0.320. The Bertz CT molecular complexity index is 1550. The molecule has 3 N–H and O–H groups in total. The molecule has 1 saturated heterocycles. The first-order valence-electron chi connectivity index (χ1n) is 13.8. The molecular formula is C30H37N7O2. The Kier molecular flexibility index (Phi) is 7.79. The van der Waals surface area contributed by atoms with Gasteiger partial charge in [0.1, 0.15) is 5.82 Å². The van der Waals surface area contributed by atoms with E-state index in [4.69, 9.17) is 0 Å². The molecule has 1 fully saturated rings. The second kappa shape index (κ2) is 11.4. The molecule has 3 aromatic heterocycles. The number of rotatable bonds is 8. The topological polar surface area (TPSA) is 108 Å². The van der Waals surface area contributed by atoms with Crippen molar-refractivity contribution < 1.29 is 4.79 Å².